The van der Waals surface area contributed by atoms with Gasteiger partial charge in [0.2, 0.25) is 0 Å². The van der Waals surface area contributed by atoms with E-state index in [0.29, 0.717) is 23.0 Å². The minimum absolute atomic E-state index is 0.0354. The first-order chi connectivity index (χ1) is 8.90. The molecule has 1 N–H and O–H groups in total. The van der Waals surface area contributed by atoms with Crippen molar-refractivity contribution in [3.8, 4) is 0 Å². The minimum atomic E-state index is -0.469. The molecule has 0 radical (unpaired) electrons. The summed E-state index contributed by atoms with van der Waals surface area (Å²) in [6.07, 6.45) is 2.44. The summed E-state index contributed by atoms with van der Waals surface area (Å²) in [6.45, 7) is 7.96. The van der Waals surface area contributed by atoms with Crippen molar-refractivity contribution in [2.45, 2.75) is 52.6 Å². The van der Waals surface area contributed by atoms with Gasteiger partial charge in [-0.05, 0) is 43.2 Å². The Morgan fingerprint density at radius 3 is 2.26 bits per heavy atom. The maximum absolute atomic E-state index is 14.1. The number of aryl methyl sites for hydroxylation is 1. The lowest BCUT2D eigenvalue weighted by Gasteiger charge is -2.28. The van der Waals surface area contributed by atoms with E-state index in [2.05, 4.69) is 26.1 Å². The maximum atomic E-state index is 14.1. The summed E-state index contributed by atoms with van der Waals surface area (Å²) < 4.78 is 27.5. The molecule has 106 valence electrons. The maximum Gasteiger partial charge on any atom is 0.130 e. The summed E-state index contributed by atoms with van der Waals surface area (Å²) in [5.74, 6) is 0.139. The van der Waals surface area contributed by atoms with Crippen LogP contribution in [0.1, 0.15) is 50.8 Å². The van der Waals surface area contributed by atoms with Gasteiger partial charge in [0, 0.05) is 23.7 Å². The third-order valence-electron chi connectivity index (χ3n) is 4.02. The van der Waals surface area contributed by atoms with Crippen LogP contribution in [0.5, 0.6) is 0 Å². The fourth-order valence-electron chi connectivity index (χ4n) is 2.70. The van der Waals surface area contributed by atoms with Gasteiger partial charge in [-0.15, -0.1) is 0 Å². The zero-order valence-corrected chi connectivity index (χ0v) is 12.1. The third-order valence-corrected chi connectivity index (χ3v) is 4.02. The van der Waals surface area contributed by atoms with Crippen LogP contribution in [0.25, 0.3) is 0 Å². The molecule has 0 bridgehead atoms. The lowest BCUT2D eigenvalue weighted by Crippen LogP contribution is -2.34. The molecule has 0 aromatic heterocycles. The second kappa shape index (κ2) is 5.58. The normalized spacial score (nSPS) is 18.7. The molecule has 1 nitrogen and oxygen atoms in total. The van der Waals surface area contributed by atoms with Gasteiger partial charge in [0.15, 0.2) is 0 Å². The van der Waals surface area contributed by atoms with Gasteiger partial charge in [-0.2, -0.15) is 0 Å². The Bertz CT molecular complexity index is 452. The van der Waals surface area contributed by atoms with E-state index in [4.69, 9.17) is 0 Å². The number of hydrogen-bond donors (Lipinski definition) is 1. The fraction of sp³-hybridized carbons (Fsp3) is 0.625. The standard InChI is InChI=1S/C16H23F2N/c1-9(2)19-16(11(4)12-5-6-12)13-7-10(3)14(17)8-15(13)18/h7-9,11-12,16,19H,5-6H2,1-4H3. The molecule has 1 saturated carbocycles. The quantitative estimate of drug-likeness (QED) is 0.836. The van der Waals surface area contributed by atoms with Crippen molar-refractivity contribution in [3.05, 3.63) is 34.9 Å². The Morgan fingerprint density at radius 1 is 1.11 bits per heavy atom. The number of halogens is 2. The second-order valence-corrected chi connectivity index (χ2v) is 6.12. The molecule has 3 heteroatoms. The van der Waals surface area contributed by atoms with Crippen LogP contribution >= 0.6 is 0 Å². The van der Waals surface area contributed by atoms with Crippen molar-refractivity contribution in [1.82, 2.24) is 5.32 Å². The van der Waals surface area contributed by atoms with Crippen molar-refractivity contribution < 1.29 is 8.78 Å². The van der Waals surface area contributed by atoms with Gasteiger partial charge < -0.3 is 5.32 Å². The van der Waals surface area contributed by atoms with Gasteiger partial charge in [0.25, 0.3) is 0 Å². The van der Waals surface area contributed by atoms with Gasteiger partial charge in [-0.25, -0.2) is 8.78 Å². The lowest BCUT2D eigenvalue weighted by molar-refractivity contribution is 0.319. The summed E-state index contributed by atoms with van der Waals surface area (Å²) in [5.41, 5.74) is 1.11. The van der Waals surface area contributed by atoms with E-state index in [0.717, 1.165) is 6.07 Å². The van der Waals surface area contributed by atoms with Crippen LogP contribution in [-0.2, 0) is 0 Å². The molecule has 1 aromatic carbocycles. The van der Waals surface area contributed by atoms with Crippen LogP contribution in [0, 0.1) is 30.4 Å². The van der Waals surface area contributed by atoms with Crippen LogP contribution in [0.2, 0.25) is 0 Å². The molecule has 0 saturated heterocycles. The molecule has 1 fully saturated rings. The molecule has 0 spiro atoms. The van der Waals surface area contributed by atoms with Crippen LogP contribution in [0.15, 0.2) is 12.1 Å². The molecule has 0 amide bonds. The molecule has 2 atom stereocenters. The van der Waals surface area contributed by atoms with Gasteiger partial charge in [-0.3, -0.25) is 0 Å². The van der Waals surface area contributed by atoms with Crippen LogP contribution in [0.4, 0.5) is 8.78 Å². The Hall–Kier alpha value is -0.960. The number of benzene rings is 1. The zero-order valence-electron chi connectivity index (χ0n) is 12.1. The number of nitrogens with one attached hydrogen (secondary N) is 1. The molecule has 1 aliphatic rings. The minimum Gasteiger partial charge on any atom is -0.307 e. The SMILES string of the molecule is Cc1cc(C(NC(C)C)C(C)C2CC2)c(F)cc1F. The van der Waals surface area contributed by atoms with Gasteiger partial charge in [0.1, 0.15) is 11.6 Å². The molecule has 2 rings (SSSR count). The highest BCUT2D eigenvalue weighted by Gasteiger charge is 2.35. The highest BCUT2D eigenvalue weighted by molar-refractivity contribution is 5.29. The molecule has 1 aliphatic carbocycles. The Kier molecular flexibility index (Phi) is 4.24. The molecular weight excluding hydrogens is 244 g/mol. The lowest BCUT2D eigenvalue weighted by atomic mass is 9.89. The van der Waals surface area contributed by atoms with Crippen molar-refractivity contribution in [3.63, 3.8) is 0 Å². The van der Waals surface area contributed by atoms with E-state index < -0.39 is 11.6 Å². The first kappa shape index (κ1) is 14.4. The highest BCUT2D eigenvalue weighted by Crippen LogP contribution is 2.43. The molecule has 0 heterocycles. The fourth-order valence-corrected chi connectivity index (χ4v) is 2.70. The van der Waals surface area contributed by atoms with E-state index in [-0.39, 0.29) is 12.1 Å². The van der Waals surface area contributed by atoms with Crippen LogP contribution < -0.4 is 5.32 Å². The van der Waals surface area contributed by atoms with E-state index in [1.807, 2.05) is 0 Å². The molecule has 19 heavy (non-hydrogen) atoms. The van der Waals surface area contributed by atoms with E-state index in [1.54, 1.807) is 13.0 Å². The summed E-state index contributed by atoms with van der Waals surface area (Å²) in [7, 11) is 0. The first-order valence-electron chi connectivity index (χ1n) is 7.11. The zero-order chi connectivity index (χ0) is 14.2. The molecule has 0 aliphatic heterocycles. The molecule has 1 aromatic rings. The van der Waals surface area contributed by atoms with Crippen molar-refractivity contribution in [2.75, 3.05) is 0 Å². The van der Waals surface area contributed by atoms with Gasteiger partial charge in [-0.1, -0.05) is 20.8 Å². The average Bonchev–Trinajstić information content (AvgIpc) is 3.14. The first-order valence-corrected chi connectivity index (χ1v) is 7.11. The Labute approximate surface area is 114 Å². The molecular formula is C16H23F2N. The second-order valence-electron chi connectivity index (χ2n) is 6.12. The highest BCUT2D eigenvalue weighted by atomic mass is 19.1. The Morgan fingerprint density at radius 2 is 1.74 bits per heavy atom. The summed E-state index contributed by atoms with van der Waals surface area (Å²) in [4.78, 5) is 0. The molecule has 2 unspecified atom stereocenters. The van der Waals surface area contributed by atoms with Crippen LogP contribution in [-0.4, -0.2) is 6.04 Å². The van der Waals surface area contributed by atoms with E-state index in [9.17, 15) is 8.78 Å². The monoisotopic (exact) mass is 267 g/mol. The Balaban J connectivity index is 2.33. The predicted octanol–water partition coefficient (Wildman–Crippen LogP) is 4.36. The smallest absolute Gasteiger partial charge is 0.130 e. The van der Waals surface area contributed by atoms with Crippen molar-refractivity contribution >= 4 is 0 Å². The third kappa shape index (κ3) is 3.33. The van der Waals surface area contributed by atoms with Crippen molar-refractivity contribution in [2.24, 2.45) is 11.8 Å². The summed E-state index contributed by atoms with van der Waals surface area (Å²) >= 11 is 0. The van der Waals surface area contributed by atoms with Crippen LogP contribution in [0.3, 0.4) is 0 Å². The largest absolute Gasteiger partial charge is 0.307 e. The topological polar surface area (TPSA) is 12.0 Å². The number of hydrogen-bond acceptors (Lipinski definition) is 1. The number of rotatable bonds is 5. The summed E-state index contributed by atoms with van der Waals surface area (Å²) in [5, 5.41) is 3.44. The van der Waals surface area contributed by atoms with Gasteiger partial charge in [0.05, 0.1) is 0 Å². The predicted molar refractivity (Wildman–Crippen MR) is 74.0 cm³/mol. The summed E-state index contributed by atoms with van der Waals surface area (Å²) in [6, 6.07) is 2.91. The van der Waals surface area contributed by atoms with Crippen molar-refractivity contribution in [1.29, 1.82) is 0 Å². The average molecular weight is 267 g/mol. The van der Waals surface area contributed by atoms with E-state index in [1.165, 1.54) is 12.8 Å². The van der Waals surface area contributed by atoms with Gasteiger partial charge >= 0.3 is 0 Å². The van der Waals surface area contributed by atoms with E-state index >= 15 is 0 Å².